The molecule has 4 N–H and O–H groups in total. The fourth-order valence-corrected chi connectivity index (χ4v) is 1.74. The van der Waals surface area contributed by atoms with Gasteiger partial charge in [0.15, 0.2) is 0 Å². The molecule has 0 spiro atoms. The van der Waals surface area contributed by atoms with Crippen LogP contribution in [0, 0.1) is 6.92 Å². The number of aryl methyl sites for hydroxylation is 1. The zero-order valence-electron chi connectivity index (χ0n) is 11.6. The van der Waals surface area contributed by atoms with Crippen molar-refractivity contribution in [2.75, 3.05) is 11.1 Å². The molecule has 0 aliphatic heterocycles. The average molecular weight is 284 g/mol. The lowest BCUT2D eigenvalue weighted by Crippen LogP contribution is -2.35. The van der Waals surface area contributed by atoms with Crippen molar-refractivity contribution in [3.05, 3.63) is 53.9 Å². The van der Waals surface area contributed by atoms with Crippen molar-refractivity contribution in [3.8, 4) is 0 Å². The third-order valence-electron chi connectivity index (χ3n) is 2.86. The first kappa shape index (κ1) is 14.5. The molecule has 0 bridgehead atoms. The number of pyridine rings is 1. The summed E-state index contributed by atoms with van der Waals surface area (Å²) in [5.74, 6) is -1.47. The van der Waals surface area contributed by atoms with Gasteiger partial charge in [0.25, 0.3) is 0 Å². The van der Waals surface area contributed by atoms with Crippen LogP contribution in [0.2, 0.25) is 0 Å². The second kappa shape index (κ2) is 6.51. The minimum Gasteiger partial charge on any atom is -0.397 e. The van der Waals surface area contributed by atoms with Crippen molar-refractivity contribution in [2.24, 2.45) is 0 Å². The van der Waals surface area contributed by atoms with E-state index < -0.39 is 11.8 Å². The molecule has 0 atom stereocenters. The van der Waals surface area contributed by atoms with E-state index in [2.05, 4.69) is 15.6 Å². The Labute approximate surface area is 122 Å². The summed E-state index contributed by atoms with van der Waals surface area (Å²) < 4.78 is 0. The maximum absolute atomic E-state index is 11.8. The van der Waals surface area contributed by atoms with Gasteiger partial charge in [-0.3, -0.25) is 14.6 Å². The van der Waals surface area contributed by atoms with Crippen LogP contribution < -0.4 is 16.4 Å². The third kappa shape index (κ3) is 4.04. The molecule has 0 unspecified atom stereocenters. The molecule has 2 aromatic rings. The first-order valence-corrected chi connectivity index (χ1v) is 6.40. The number of nitrogen functional groups attached to an aromatic ring is 1. The molecule has 0 radical (unpaired) electrons. The van der Waals surface area contributed by atoms with Gasteiger partial charge in [0.1, 0.15) is 0 Å². The first-order valence-electron chi connectivity index (χ1n) is 6.40. The van der Waals surface area contributed by atoms with E-state index in [1.54, 1.807) is 42.7 Å². The number of nitrogens with zero attached hydrogens (tertiary/aromatic N) is 1. The van der Waals surface area contributed by atoms with Gasteiger partial charge in [0.05, 0.1) is 11.4 Å². The SMILES string of the molecule is Cc1ccc(NC(=O)C(=O)NCc2ccncc2)c(N)c1. The second-order valence-corrected chi connectivity index (χ2v) is 4.58. The lowest BCUT2D eigenvalue weighted by Gasteiger charge is -2.09. The standard InChI is InChI=1S/C15H16N4O2/c1-10-2-3-13(12(16)8-10)19-15(21)14(20)18-9-11-4-6-17-7-5-11/h2-8H,9,16H2,1H3,(H,18,20)(H,19,21). The van der Waals surface area contributed by atoms with E-state index >= 15 is 0 Å². The zero-order chi connectivity index (χ0) is 15.2. The summed E-state index contributed by atoms with van der Waals surface area (Å²) >= 11 is 0. The molecule has 0 aliphatic rings. The van der Waals surface area contributed by atoms with Crippen LogP contribution in [0.3, 0.4) is 0 Å². The summed E-state index contributed by atoms with van der Waals surface area (Å²) in [6.07, 6.45) is 3.24. The Hall–Kier alpha value is -2.89. The predicted octanol–water partition coefficient (Wildman–Crippen LogP) is 1.23. The summed E-state index contributed by atoms with van der Waals surface area (Å²) in [7, 11) is 0. The fraction of sp³-hybridized carbons (Fsp3) is 0.133. The van der Waals surface area contributed by atoms with Crippen molar-refractivity contribution in [3.63, 3.8) is 0 Å². The number of hydrogen-bond donors (Lipinski definition) is 3. The molecular formula is C15H16N4O2. The number of hydrogen-bond acceptors (Lipinski definition) is 4. The average Bonchev–Trinajstić information content (AvgIpc) is 2.48. The third-order valence-corrected chi connectivity index (χ3v) is 2.86. The van der Waals surface area contributed by atoms with Gasteiger partial charge in [0, 0.05) is 18.9 Å². The highest BCUT2D eigenvalue weighted by atomic mass is 16.2. The molecule has 1 aromatic carbocycles. The molecule has 6 nitrogen and oxygen atoms in total. The normalized spacial score (nSPS) is 9.95. The van der Waals surface area contributed by atoms with Gasteiger partial charge in [-0.25, -0.2) is 0 Å². The minimum absolute atomic E-state index is 0.262. The van der Waals surface area contributed by atoms with Gasteiger partial charge in [-0.1, -0.05) is 6.07 Å². The number of benzene rings is 1. The van der Waals surface area contributed by atoms with Crippen LogP contribution in [-0.2, 0) is 16.1 Å². The number of carbonyl (C=O) groups is 2. The van der Waals surface area contributed by atoms with Crippen molar-refractivity contribution < 1.29 is 9.59 Å². The molecule has 21 heavy (non-hydrogen) atoms. The highest BCUT2D eigenvalue weighted by Gasteiger charge is 2.14. The van der Waals surface area contributed by atoms with Gasteiger partial charge in [-0.15, -0.1) is 0 Å². The lowest BCUT2D eigenvalue weighted by molar-refractivity contribution is -0.136. The molecule has 0 fully saturated rings. The smallest absolute Gasteiger partial charge is 0.313 e. The molecule has 1 aromatic heterocycles. The molecule has 0 saturated heterocycles. The largest absolute Gasteiger partial charge is 0.397 e. The van der Waals surface area contributed by atoms with Crippen LogP contribution in [0.1, 0.15) is 11.1 Å². The Balaban J connectivity index is 1.92. The number of carbonyl (C=O) groups excluding carboxylic acids is 2. The highest BCUT2D eigenvalue weighted by molar-refractivity contribution is 6.39. The van der Waals surface area contributed by atoms with Gasteiger partial charge in [-0.2, -0.15) is 0 Å². The molecule has 6 heteroatoms. The molecular weight excluding hydrogens is 268 g/mol. The van der Waals surface area contributed by atoms with Crippen LogP contribution in [0.25, 0.3) is 0 Å². The van der Waals surface area contributed by atoms with Gasteiger partial charge in [-0.05, 0) is 42.3 Å². The monoisotopic (exact) mass is 284 g/mol. The molecule has 0 aliphatic carbocycles. The Bertz CT molecular complexity index is 656. The summed E-state index contributed by atoms with van der Waals surface area (Å²) in [5, 5.41) is 5.02. The summed E-state index contributed by atoms with van der Waals surface area (Å²) in [5.41, 5.74) is 8.47. The number of aromatic nitrogens is 1. The Morgan fingerprint density at radius 3 is 2.52 bits per heavy atom. The quantitative estimate of drug-likeness (QED) is 0.583. The van der Waals surface area contributed by atoms with E-state index in [0.29, 0.717) is 11.4 Å². The number of amides is 2. The van der Waals surface area contributed by atoms with Crippen LogP contribution >= 0.6 is 0 Å². The molecule has 0 saturated carbocycles. The number of nitrogens with one attached hydrogen (secondary N) is 2. The Morgan fingerprint density at radius 2 is 1.86 bits per heavy atom. The molecule has 1 heterocycles. The molecule has 2 rings (SSSR count). The maximum atomic E-state index is 11.8. The second-order valence-electron chi connectivity index (χ2n) is 4.58. The van der Waals surface area contributed by atoms with Crippen LogP contribution in [-0.4, -0.2) is 16.8 Å². The predicted molar refractivity (Wildman–Crippen MR) is 80.3 cm³/mol. The lowest BCUT2D eigenvalue weighted by atomic mass is 10.2. The van der Waals surface area contributed by atoms with Crippen molar-refractivity contribution in [1.82, 2.24) is 10.3 Å². The summed E-state index contributed by atoms with van der Waals surface area (Å²) in [4.78, 5) is 27.4. The van der Waals surface area contributed by atoms with Gasteiger partial charge < -0.3 is 16.4 Å². The van der Waals surface area contributed by atoms with Gasteiger partial charge in [0.2, 0.25) is 0 Å². The highest BCUT2D eigenvalue weighted by Crippen LogP contribution is 2.19. The van der Waals surface area contributed by atoms with Crippen LogP contribution in [0.5, 0.6) is 0 Å². The number of nitrogens with two attached hydrogens (primary N) is 1. The fourth-order valence-electron chi connectivity index (χ4n) is 1.74. The summed E-state index contributed by atoms with van der Waals surface area (Å²) in [6, 6.07) is 8.72. The first-order chi connectivity index (χ1) is 10.1. The number of anilines is 2. The van der Waals surface area contributed by atoms with Crippen molar-refractivity contribution >= 4 is 23.2 Å². The number of rotatable bonds is 3. The molecule has 2 amide bonds. The van der Waals surface area contributed by atoms with E-state index in [9.17, 15) is 9.59 Å². The zero-order valence-corrected chi connectivity index (χ0v) is 11.6. The summed E-state index contributed by atoms with van der Waals surface area (Å²) in [6.45, 7) is 2.15. The molecule has 108 valence electrons. The van der Waals surface area contributed by atoms with Crippen molar-refractivity contribution in [2.45, 2.75) is 13.5 Å². The maximum Gasteiger partial charge on any atom is 0.313 e. The van der Waals surface area contributed by atoms with E-state index in [4.69, 9.17) is 5.73 Å². The van der Waals surface area contributed by atoms with Crippen molar-refractivity contribution in [1.29, 1.82) is 0 Å². The van der Waals surface area contributed by atoms with E-state index in [1.807, 2.05) is 6.92 Å². The minimum atomic E-state index is -0.750. The Kier molecular flexibility index (Phi) is 4.50. The topological polar surface area (TPSA) is 97.1 Å². The Morgan fingerprint density at radius 1 is 1.14 bits per heavy atom. The van der Waals surface area contributed by atoms with Crippen LogP contribution in [0.4, 0.5) is 11.4 Å². The van der Waals surface area contributed by atoms with E-state index in [1.165, 1.54) is 0 Å². The van der Waals surface area contributed by atoms with Crippen LogP contribution in [0.15, 0.2) is 42.7 Å². The van der Waals surface area contributed by atoms with Gasteiger partial charge >= 0.3 is 11.8 Å². The van der Waals surface area contributed by atoms with E-state index in [0.717, 1.165) is 11.1 Å². The van der Waals surface area contributed by atoms with E-state index in [-0.39, 0.29) is 6.54 Å².